The van der Waals surface area contributed by atoms with Gasteiger partial charge in [-0.25, -0.2) is 4.98 Å². The zero-order valence-corrected chi connectivity index (χ0v) is 14.5. The summed E-state index contributed by atoms with van der Waals surface area (Å²) in [5.74, 6) is 0.00761. The number of carbonyl (C=O) groups is 3. The molecular formula is C18H15N3O7. The van der Waals surface area contributed by atoms with Crippen LogP contribution < -0.4 is 19.5 Å². The smallest absolute Gasteiger partial charge is 0.275 e. The Balaban J connectivity index is 1.22. The van der Waals surface area contributed by atoms with Gasteiger partial charge >= 0.3 is 0 Å². The normalized spacial score (nSPS) is 22.4. The molecule has 0 saturated carbocycles. The first kappa shape index (κ1) is 16.6. The predicted octanol–water partition coefficient (Wildman–Crippen LogP) is 0.327. The lowest BCUT2D eigenvalue weighted by molar-refractivity contribution is -0.126. The van der Waals surface area contributed by atoms with Crippen molar-refractivity contribution in [2.45, 2.75) is 6.61 Å². The summed E-state index contributed by atoms with van der Waals surface area (Å²) in [6, 6.07) is 5.17. The van der Waals surface area contributed by atoms with Crippen molar-refractivity contribution in [1.82, 2.24) is 15.2 Å². The third-order valence-electron chi connectivity index (χ3n) is 5.00. The first-order valence-electron chi connectivity index (χ1n) is 8.69. The second kappa shape index (κ2) is 6.25. The highest BCUT2D eigenvalue weighted by molar-refractivity contribution is 6.06. The van der Waals surface area contributed by atoms with Crippen LogP contribution in [0.4, 0.5) is 0 Å². The Morgan fingerprint density at radius 3 is 2.71 bits per heavy atom. The van der Waals surface area contributed by atoms with Gasteiger partial charge in [-0.05, 0) is 12.1 Å². The van der Waals surface area contributed by atoms with Crippen LogP contribution >= 0.6 is 0 Å². The molecule has 0 spiro atoms. The summed E-state index contributed by atoms with van der Waals surface area (Å²) in [4.78, 5) is 41.7. The van der Waals surface area contributed by atoms with Crippen LogP contribution in [-0.4, -0.2) is 47.5 Å². The monoisotopic (exact) mass is 385 g/mol. The van der Waals surface area contributed by atoms with E-state index in [2.05, 4.69) is 10.3 Å². The number of hydrogen-bond donors (Lipinski definition) is 1. The van der Waals surface area contributed by atoms with Crippen LogP contribution in [0, 0.1) is 11.8 Å². The summed E-state index contributed by atoms with van der Waals surface area (Å²) < 4.78 is 21.4. The molecule has 0 radical (unpaired) electrons. The quantitative estimate of drug-likeness (QED) is 0.748. The number of carbonyl (C=O) groups excluding carboxylic acids is 3. The Morgan fingerprint density at radius 1 is 1.18 bits per heavy atom. The average Bonchev–Trinajstić information content (AvgIpc) is 3.46. The van der Waals surface area contributed by atoms with Gasteiger partial charge in [0.2, 0.25) is 24.5 Å². The maximum Gasteiger partial charge on any atom is 0.275 e. The number of aromatic nitrogens is 1. The molecule has 0 aliphatic carbocycles. The number of ether oxygens (including phenoxy) is 3. The summed E-state index contributed by atoms with van der Waals surface area (Å²) in [7, 11) is 0. The van der Waals surface area contributed by atoms with Crippen molar-refractivity contribution < 1.29 is 33.0 Å². The zero-order chi connectivity index (χ0) is 19.3. The van der Waals surface area contributed by atoms with E-state index in [4.69, 9.17) is 18.6 Å². The first-order chi connectivity index (χ1) is 13.6. The molecule has 2 atom stereocenters. The van der Waals surface area contributed by atoms with Gasteiger partial charge in [-0.3, -0.25) is 19.7 Å². The Bertz CT molecular complexity index is 963. The van der Waals surface area contributed by atoms with Gasteiger partial charge in [0.25, 0.3) is 5.91 Å². The highest BCUT2D eigenvalue weighted by Gasteiger charge is 2.49. The van der Waals surface area contributed by atoms with Crippen molar-refractivity contribution in [2.24, 2.45) is 11.8 Å². The second-order valence-corrected chi connectivity index (χ2v) is 6.71. The van der Waals surface area contributed by atoms with Crippen LogP contribution in [0.3, 0.4) is 0 Å². The number of amides is 3. The summed E-state index contributed by atoms with van der Waals surface area (Å²) >= 11 is 0. The lowest BCUT2D eigenvalue weighted by Gasteiger charge is -2.15. The minimum absolute atomic E-state index is 0.0269. The molecule has 3 aliphatic heterocycles. The predicted molar refractivity (Wildman–Crippen MR) is 89.4 cm³/mol. The molecule has 3 amide bonds. The van der Waals surface area contributed by atoms with Crippen LogP contribution in [-0.2, 0) is 16.2 Å². The average molecular weight is 385 g/mol. The molecular weight excluding hydrogens is 370 g/mol. The zero-order valence-electron chi connectivity index (χ0n) is 14.5. The van der Waals surface area contributed by atoms with Crippen molar-refractivity contribution in [3.63, 3.8) is 0 Å². The molecule has 2 aromatic rings. The number of oxazole rings is 1. The van der Waals surface area contributed by atoms with E-state index in [-0.39, 0.29) is 55.8 Å². The summed E-state index contributed by atoms with van der Waals surface area (Å²) in [6.07, 6.45) is 1.25. The largest absolute Gasteiger partial charge is 0.484 e. The van der Waals surface area contributed by atoms with Crippen LogP contribution in [0.15, 0.2) is 28.9 Å². The Morgan fingerprint density at radius 2 is 1.93 bits per heavy atom. The maximum absolute atomic E-state index is 12.6. The Hall–Kier alpha value is -3.56. The molecule has 1 aromatic carbocycles. The summed E-state index contributed by atoms with van der Waals surface area (Å²) in [6.45, 7) is 0.586. The van der Waals surface area contributed by atoms with E-state index in [1.165, 1.54) is 11.2 Å². The topological polar surface area (TPSA) is 120 Å². The molecule has 3 aliphatic rings. The number of nitrogens with one attached hydrogen (secondary N) is 1. The first-order valence-corrected chi connectivity index (χ1v) is 8.69. The molecule has 10 nitrogen and oxygen atoms in total. The number of fused-ring (bicyclic) bond motifs is 2. The molecule has 1 aromatic heterocycles. The SMILES string of the molecule is O=C1NC(=O)[C@@H]2CN(C(=O)c3coc(COc4ccc5c(c4)OCO5)n3)C[C@H]12. The van der Waals surface area contributed by atoms with Gasteiger partial charge in [0, 0.05) is 19.2 Å². The van der Waals surface area contributed by atoms with Gasteiger partial charge in [-0.1, -0.05) is 0 Å². The van der Waals surface area contributed by atoms with E-state index in [9.17, 15) is 14.4 Å². The van der Waals surface area contributed by atoms with Crippen molar-refractivity contribution >= 4 is 17.7 Å². The standard InChI is InChI=1S/C18H15N3O7/c22-16-10-4-21(5-11(10)17(23)20-16)18(24)12-6-26-15(19-12)7-25-9-1-2-13-14(3-9)28-8-27-13/h1-3,6,10-11H,4-5,7-8H2,(H,20,22,23)/t10-,11+. The van der Waals surface area contributed by atoms with Crippen molar-refractivity contribution in [3.8, 4) is 17.2 Å². The fraction of sp³-hybridized carbons (Fsp3) is 0.333. The number of benzene rings is 1. The van der Waals surface area contributed by atoms with Gasteiger partial charge in [0.05, 0.1) is 11.8 Å². The van der Waals surface area contributed by atoms with E-state index in [0.717, 1.165) is 0 Å². The van der Waals surface area contributed by atoms with Crippen LogP contribution in [0.1, 0.15) is 16.4 Å². The van der Waals surface area contributed by atoms with E-state index in [1.54, 1.807) is 18.2 Å². The molecule has 0 bridgehead atoms. The fourth-order valence-corrected chi connectivity index (χ4v) is 3.56. The Labute approximate surface area is 158 Å². The summed E-state index contributed by atoms with van der Waals surface area (Å²) in [5.41, 5.74) is 0.108. The van der Waals surface area contributed by atoms with Gasteiger partial charge in [0.1, 0.15) is 12.0 Å². The lowest BCUT2D eigenvalue weighted by atomic mass is 10.00. The van der Waals surface area contributed by atoms with Crippen LogP contribution in [0.5, 0.6) is 17.2 Å². The van der Waals surface area contributed by atoms with Gasteiger partial charge in [0.15, 0.2) is 23.8 Å². The molecule has 10 heteroatoms. The van der Waals surface area contributed by atoms with E-state index >= 15 is 0 Å². The second-order valence-electron chi connectivity index (χ2n) is 6.71. The molecule has 5 rings (SSSR count). The van der Waals surface area contributed by atoms with E-state index in [1.807, 2.05) is 0 Å². The van der Waals surface area contributed by atoms with Gasteiger partial charge in [-0.2, -0.15) is 0 Å². The fourth-order valence-electron chi connectivity index (χ4n) is 3.56. The van der Waals surface area contributed by atoms with Crippen LogP contribution in [0.25, 0.3) is 0 Å². The third kappa shape index (κ3) is 2.73. The van der Waals surface area contributed by atoms with Crippen molar-refractivity contribution in [3.05, 3.63) is 36.0 Å². The molecule has 2 saturated heterocycles. The van der Waals surface area contributed by atoms with Crippen LogP contribution in [0.2, 0.25) is 0 Å². The molecule has 0 unspecified atom stereocenters. The van der Waals surface area contributed by atoms with E-state index in [0.29, 0.717) is 17.2 Å². The molecule has 2 fully saturated rings. The number of imide groups is 1. The third-order valence-corrected chi connectivity index (χ3v) is 5.00. The minimum Gasteiger partial charge on any atom is -0.484 e. The molecule has 144 valence electrons. The van der Waals surface area contributed by atoms with E-state index < -0.39 is 11.8 Å². The Kier molecular flexibility index (Phi) is 3.71. The number of rotatable bonds is 4. The molecule has 28 heavy (non-hydrogen) atoms. The number of nitrogens with zero attached hydrogens (tertiary/aromatic N) is 2. The minimum atomic E-state index is -0.489. The number of hydrogen-bond acceptors (Lipinski definition) is 8. The van der Waals surface area contributed by atoms with Gasteiger partial charge in [-0.15, -0.1) is 0 Å². The lowest BCUT2D eigenvalue weighted by Crippen LogP contribution is -2.35. The van der Waals surface area contributed by atoms with Crippen molar-refractivity contribution in [1.29, 1.82) is 0 Å². The van der Waals surface area contributed by atoms with Gasteiger partial charge < -0.3 is 23.5 Å². The molecule has 1 N–H and O–H groups in total. The molecule has 4 heterocycles. The maximum atomic E-state index is 12.6. The number of likely N-dealkylation sites (tertiary alicyclic amines) is 1. The van der Waals surface area contributed by atoms with Crippen molar-refractivity contribution in [2.75, 3.05) is 19.9 Å². The highest BCUT2D eigenvalue weighted by Crippen LogP contribution is 2.35. The highest BCUT2D eigenvalue weighted by atomic mass is 16.7. The summed E-state index contributed by atoms with van der Waals surface area (Å²) in [5, 5.41) is 2.29.